The average molecular weight is 362 g/mol. The Hall–Kier alpha value is -3.67. The van der Waals surface area contributed by atoms with Gasteiger partial charge in [-0.2, -0.15) is 0 Å². The number of amides is 3. The fourth-order valence-electron chi connectivity index (χ4n) is 2.84. The zero-order chi connectivity index (χ0) is 18.8. The third-order valence-corrected chi connectivity index (χ3v) is 4.22. The molecule has 3 amide bonds. The van der Waals surface area contributed by atoms with Gasteiger partial charge in [-0.3, -0.25) is 9.69 Å². The van der Waals surface area contributed by atoms with E-state index >= 15 is 0 Å². The molecule has 1 saturated heterocycles. The van der Waals surface area contributed by atoms with Crippen LogP contribution in [0.15, 0.2) is 76.8 Å². The Bertz CT molecular complexity index is 1040. The van der Waals surface area contributed by atoms with Gasteiger partial charge >= 0.3 is 6.03 Å². The molecule has 134 valence electrons. The maximum atomic E-state index is 13.8. The lowest BCUT2D eigenvalue weighted by molar-refractivity contribution is -0.123. The smallest absolute Gasteiger partial charge is 0.329 e. The van der Waals surface area contributed by atoms with Crippen LogP contribution in [0.1, 0.15) is 11.3 Å². The van der Waals surface area contributed by atoms with E-state index in [2.05, 4.69) is 5.32 Å². The first-order valence-electron chi connectivity index (χ1n) is 8.35. The summed E-state index contributed by atoms with van der Waals surface area (Å²) < 4.78 is 19.5. The van der Waals surface area contributed by atoms with E-state index in [0.717, 1.165) is 10.5 Å². The molecule has 0 bridgehead atoms. The molecule has 6 heteroatoms. The molecule has 3 aromatic rings. The summed E-state index contributed by atoms with van der Waals surface area (Å²) in [7, 11) is 0. The van der Waals surface area contributed by atoms with Crippen LogP contribution in [0.4, 0.5) is 9.18 Å². The summed E-state index contributed by atoms with van der Waals surface area (Å²) in [5.41, 5.74) is 1.27. The normalized spacial score (nSPS) is 15.4. The predicted octanol–water partition coefficient (Wildman–Crippen LogP) is 4.18. The molecule has 0 atom stereocenters. The summed E-state index contributed by atoms with van der Waals surface area (Å²) in [6, 6.07) is 18.5. The molecule has 0 radical (unpaired) electrons. The number of benzene rings is 2. The SMILES string of the molecule is O=C1NC(=Cc2ccc(-c3ccccc3)o2)C(=O)N1Cc1ccccc1F. The van der Waals surface area contributed by atoms with E-state index in [1.54, 1.807) is 24.3 Å². The third-order valence-electron chi connectivity index (χ3n) is 4.22. The molecule has 1 N–H and O–H groups in total. The summed E-state index contributed by atoms with van der Waals surface area (Å²) in [6.07, 6.45) is 1.47. The van der Waals surface area contributed by atoms with Gasteiger partial charge in [0, 0.05) is 17.2 Å². The Kier molecular flexibility index (Phi) is 4.30. The second kappa shape index (κ2) is 6.92. The average Bonchev–Trinajstić information content (AvgIpc) is 3.25. The van der Waals surface area contributed by atoms with Crippen LogP contribution in [-0.2, 0) is 11.3 Å². The van der Waals surface area contributed by atoms with Gasteiger partial charge in [0.05, 0.1) is 6.54 Å². The standard InChI is InChI=1S/C21H15FN2O3/c22-17-9-5-4-8-15(17)13-24-20(25)18(23-21(24)26)12-16-10-11-19(27-16)14-6-2-1-3-7-14/h1-12H,13H2,(H,23,26). The highest BCUT2D eigenvalue weighted by Crippen LogP contribution is 2.24. The molecule has 0 spiro atoms. The lowest BCUT2D eigenvalue weighted by atomic mass is 10.2. The highest BCUT2D eigenvalue weighted by atomic mass is 19.1. The number of nitrogens with zero attached hydrogens (tertiary/aromatic N) is 1. The van der Waals surface area contributed by atoms with Crippen LogP contribution in [0, 0.1) is 5.82 Å². The quantitative estimate of drug-likeness (QED) is 0.559. The summed E-state index contributed by atoms with van der Waals surface area (Å²) in [5.74, 6) is 0.0997. The van der Waals surface area contributed by atoms with Gasteiger partial charge in [-0.1, -0.05) is 48.5 Å². The Morgan fingerprint density at radius 2 is 1.70 bits per heavy atom. The van der Waals surface area contributed by atoms with Gasteiger partial charge in [-0.25, -0.2) is 9.18 Å². The van der Waals surface area contributed by atoms with E-state index in [9.17, 15) is 14.0 Å². The Morgan fingerprint density at radius 1 is 0.963 bits per heavy atom. The van der Waals surface area contributed by atoms with Crippen molar-refractivity contribution >= 4 is 18.0 Å². The fourth-order valence-corrected chi connectivity index (χ4v) is 2.84. The zero-order valence-corrected chi connectivity index (χ0v) is 14.2. The minimum absolute atomic E-state index is 0.0882. The minimum atomic E-state index is -0.593. The Balaban J connectivity index is 1.55. The maximum absolute atomic E-state index is 13.8. The first-order valence-corrected chi connectivity index (χ1v) is 8.35. The second-order valence-electron chi connectivity index (χ2n) is 6.04. The number of furan rings is 1. The predicted molar refractivity (Wildman–Crippen MR) is 97.6 cm³/mol. The number of carbonyl (C=O) groups excluding carboxylic acids is 2. The van der Waals surface area contributed by atoms with Crippen LogP contribution in [0.5, 0.6) is 0 Å². The van der Waals surface area contributed by atoms with Crippen LogP contribution in [0.25, 0.3) is 17.4 Å². The van der Waals surface area contributed by atoms with Crippen LogP contribution in [0.2, 0.25) is 0 Å². The molecule has 2 aromatic carbocycles. The molecule has 2 heterocycles. The summed E-state index contributed by atoms with van der Waals surface area (Å²) in [4.78, 5) is 25.6. The summed E-state index contributed by atoms with van der Waals surface area (Å²) in [5, 5.41) is 2.51. The van der Waals surface area contributed by atoms with Crippen molar-refractivity contribution in [3.8, 4) is 11.3 Å². The van der Waals surface area contributed by atoms with Crippen molar-refractivity contribution in [1.29, 1.82) is 0 Å². The number of rotatable bonds is 4. The van der Waals surface area contributed by atoms with Gasteiger partial charge in [0.1, 0.15) is 23.0 Å². The van der Waals surface area contributed by atoms with E-state index < -0.39 is 17.8 Å². The molecule has 5 nitrogen and oxygen atoms in total. The van der Waals surface area contributed by atoms with Gasteiger partial charge in [-0.15, -0.1) is 0 Å². The number of hydrogen-bond donors (Lipinski definition) is 1. The fraction of sp³-hybridized carbons (Fsp3) is 0.0476. The monoisotopic (exact) mass is 362 g/mol. The Labute approximate surface area is 154 Å². The molecule has 1 aromatic heterocycles. The van der Waals surface area contributed by atoms with Crippen LogP contribution in [0.3, 0.4) is 0 Å². The van der Waals surface area contributed by atoms with Crippen LogP contribution in [-0.4, -0.2) is 16.8 Å². The van der Waals surface area contributed by atoms with E-state index in [4.69, 9.17) is 4.42 Å². The first kappa shape index (κ1) is 16.8. The van der Waals surface area contributed by atoms with Gasteiger partial charge in [-0.05, 0) is 18.2 Å². The minimum Gasteiger partial charge on any atom is -0.457 e. The van der Waals surface area contributed by atoms with Crippen LogP contribution >= 0.6 is 0 Å². The Morgan fingerprint density at radius 3 is 2.48 bits per heavy atom. The lowest BCUT2D eigenvalue weighted by Crippen LogP contribution is -2.30. The maximum Gasteiger partial charge on any atom is 0.329 e. The van der Waals surface area contributed by atoms with Gasteiger partial charge in [0.25, 0.3) is 5.91 Å². The second-order valence-corrected chi connectivity index (χ2v) is 6.04. The van der Waals surface area contributed by atoms with Crippen molar-refractivity contribution in [3.63, 3.8) is 0 Å². The van der Waals surface area contributed by atoms with Crippen molar-refractivity contribution in [3.05, 3.63) is 89.6 Å². The van der Waals surface area contributed by atoms with Gasteiger partial charge < -0.3 is 9.73 Å². The van der Waals surface area contributed by atoms with Crippen molar-refractivity contribution < 1.29 is 18.4 Å². The number of carbonyl (C=O) groups is 2. The third kappa shape index (κ3) is 3.37. The molecular weight excluding hydrogens is 347 g/mol. The molecule has 0 aliphatic carbocycles. The van der Waals surface area contributed by atoms with E-state index in [1.807, 2.05) is 30.3 Å². The molecule has 1 aliphatic rings. The number of imide groups is 1. The van der Waals surface area contributed by atoms with E-state index in [0.29, 0.717) is 11.5 Å². The summed E-state index contributed by atoms with van der Waals surface area (Å²) in [6.45, 7) is -0.137. The summed E-state index contributed by atoms with van der Waals surface area (Å²) >= 11 is 0. The van der Waals surface area contributed by atoms with Gasteiger partial charge in [0.15, 0.2) is 0 Å². The highest BCUT2D eigenvalue weighted by Gasteiger charge is 2.34. The van der Waals surface area contributed by atoms with E-state index in [1.165, 1.54) is 18.2 Å². The molecule has 0 unspecified atom stereocenters. The molecule has 27 heavy (non-hydrogen) atoms. The van der Waals surface area contributed by atoms with Crippen molar-refractivity contribution in [1.82, 2.24) is 10.2 Å². The lowest BCUT2D eigenvalue weighted by Gasteiger charge is -2.12. The number of urea groups is 1. The van der Waals surface area contributed by atoms with Gasteiger partial charge in [0.2, 0.25) is 0 Å². The molecule has 1 fully saturated rings. The highest BCUT2D eigenvalue weighted by molar-refractivity contribution is 6.13. The molecular formula is C21H15FN2O3. The number of hydrogen-bond acceptors (Lipinski definition) is 3. The topological polar surface area (TPSA) is 62.6 Å². The molecule has 1 aliphatic heterocycles. The number of nitrogens with one attached hydrogen (secondary N) is 1. The van der Waals surface area contributed by atoms with Crippen molar-refractivity contribution in [2.75, 3.05) is 0 Å². The van der Waals surface area contributed by atoms with Crippen molar-refractivity contribution in [2.45, 2.75) is 6.54 Å². The molecule has 0 saturated carbocycles. The molecule has 4 rings (SSSR count). The van der Waals surface area contributed by atoms with Crippen LogP contribution < -0.4 is 5.32 Å². The van der Waals surface area contributed by atoms with E-state index in [-0.39, 0.29) is 17.8 Å². The zero-order valence-electron chi connectivity index (χ0n) is 14.2. The largest absolute Gasteiger partial charge is 0.457 e. The number of halogens is 1. The first-order chi connectivity index (χ1) is 13.1. The van der Waals surface area contributed by atoms with Crippen molar-refractivity contribution in [2.24, 2.45) is 0 Å².